The first-order valence-electron chi connectivity index (χ1n) is 7.09. The minimum absolute atomic E-state index is 0.240. The number of nitrogens with one attached hydrogen (secondary N) is 1. The normalized spacial score (nSPS) is 19.1. The molecular formula is C15H24N2O2. The van der Waals surface area contributed by atoms with Gasteiger partial charge in [-0.25, -0.2) is 4.98 Å². The highest BCUT2D eigenvalue weighted by Gasteiger charge is 2.16. The Balaban J connectivity index is 1.86. The average molecular weight is 264 g/mol. The molecule has 106 valence electrons. The second kappa shape index (κ2) is 6.87. The van der Waals surface area contributed by atoms with Gasteiger partial charge in [0, 0.05) is 31.0 Å². The van der Waals surface area contributed by atoms with E-state index in [9.17, 15) is 0 Å². The molecule has 1 aliphatic rings. The molecular weight excluding hydrogens is 240 g/mol. The van der Waals surface area contributed by atoms with Gasteiger partial charge in [0.2, 0.25) is 5.88 Å². The Kier molecular flexibility index (Phi) is 5.16. The predicted octanol–water partition coefficient (Wildman–Crippen LogP) is 2.45. The van der Waals surface area contributed by atoms with Gasteiger partial charge in [-0.05, 0) is 25.3 Å². The van der Waals surface area contributed by atoms with Gasteiger partial charge >= 0.3 is 0 Å². The molecule has 0 spiro atoms. The summed E-state index contributed by atoms with van der Waals surface area (Å²) in [4.78, 5) is 4.49. The lowest BCUT2D eigenvalue weighted by Gasteiger charge is -2.13. The van der Waals surface area contributed by atoms with E-state index in [2.05, 4.69) is 30.2 Å². The van der Waals surface area contributed by atoms with E-state index in [-0.39, 0.29) is 6.10 Å². The third kappa shape index (κ3) is 4.48. The summed E-state index contributed by atoms with van der Waals surface area (Å²) < 4.78 is 11.2. The molecule has 1 unspecified atom stereocenters. The number of aromatic nitrogens is 1. The molecule has 0 radical (unpaired) electrons. The van der Waals surface area contributed by atoms with E-state index in [4.69, 9.17) is 9.47 Å². The van der Waals surface area contributed by atoms with Crippen LogP contribution in [0.25, 0.3) is 0 Å². The van der Waals surface area contributed by atoms with E-state index >= 15 is 0 Å². The fourth-order valence-electron chi connectivity index (χ4n) is 2.10. The van der Waals surface area contributed by atoms with Crippen molar-refractivity contribution in [3.05, 3.63) is 23.4 Å². The lowest BCUT2D eigenvalue weighted by Crippen LogP contribution is -2.22. The van der Waals surface area contributed by atoms with E-state index in [0.29, 0.717) is 18.5 Å². The lowest BCUT2D eigenvalue weighted by molar-refractivity contribution is 0.0663. The van der Waals surface area contributed by atoms with Gasteiger partial charge in [-0.3, -0.25) is 0 Å². The summed E-state index contributed by atoms with van der Waals surface area (Å²) in [5.74, 6) is 0.696. The highest BCUT2D eigenvalue weighted by molar-refractivity contribution is 5.24. The molecule has 1 atom stereocenters. The summed E-state index contributed by atoms with van der Waals surface area (Å²) in [5.41, 5.74) is 2.25. The average Bonchev–Trinajstić information content (AvgIpc) is 2.88. The Morgan fingerprint density at radius 2 is 2.32 bits per heavy atom. The maximum Gasteiger partial charge on any atom is 0.213 e. The zero-order valence-electron chi connectivity index (χ0n) is 12.1. The van der Waals surface area contributed by atoms with Crippen molar-refractivity contribution in [2.24, 2.45) is 0 Å². The lowest BCUT2D eigenvalue weighted by atomic mass is 10.2. The van der Waals surface area contributed by atoms with Crippen molar-refractivity contribution in [3.63, 3.8) is 0 Å². The van der Waals surface area contributed by atoms with Crippen LogP contribution in [-0.2, 0) is 11.3 Å². The standard InChI is InChI=1S/C15H24N2O2/c1-11(2)16-9-13-6-7-15(17-12(13)3)19-10-14-5-4-8-18-14/h6-7,11,14,16H,4-5,8-10H2,1-3H3. The fraction of sp³-hybridized carbons (Fsp3) is 0.667. The van der Waals surface area contributed by atoms with Crippen molar-refractivity contribution in [1.29, 1.82) is 0 Å². The number of ether oxygens (including phenoxy) is 2. The third-order valence-electron chi connectivity index (χ3n) is 3.31. The molecule has 4 nitrogen and oxygen atoms in total. The maximum atomic E-state index is 5.69. The molecule has 1 fully saturated rings. The SMILES string of the molecule is Cc1nc(OCC2CCCO2)ccc1CNC(C)C. The molecule has 0 saturated carbocycles. The topological polar surface area (TPSA) is 43.4 Å². The van der Waals surface area contributed by atoms with Crippen LogP contribution in [0.3, 0.4) is 0 Å². The quantitative estimate of drug-likeness (QED) is 0.857. The van der Waals surface area contributed by atoms with E-state index in [0.717, 1.165) is 31.7 Å². The highest BCUT2D eigenvalue weighted by atomic mass is 16.5. The monoisotopic (exact) mass is 264 g/mol. The Bertz CT molecular complexity index is 401. The Morgan fingerprint density at radius 1 is 1.47 bits per heavy atom. The van der Waals surface area contributed by atoms with Crippen LogP contribution in [-0.4, -0.2) is 30.3 Å². The van der Waals surface area contributed by atoms with Gasteiger partial charge in [0.15, 0.2) is 0 Å². The molecule has 1 aromatic heterocycles. The maximum absolute atomic E-state index is 5.69. The molecule has 0 amide bonds. The summed E-state index contributed by atoms with van der Waals surface area (Å²) in [7, 11) is 0. The fourth-order valence-corrected chi connectivity index (χ4v) is 2.10. The van der Waals surface area contributed by atoms with Crippen LogP contribution < -0.4 is 10.1 Å². The molecule has 1 saturated heterocycles. The summed E-state index contributed by atoms with van der Waals surface area (Å²) >= 11 is 0. The van der Waals surface area contributed by atoms with Crippen LogP contribution in [0.4, 0.5) is 0 Å². The number of aryl methyl sites for hydroxylation is 1. The molecule has 1 aromatic rings. The Hall–Kier alpha value is -1.13. The van der Waals surface area contributed by atoms with Crippen molar-refractivity contribution in [3.8, 4) is 5.88 Å². The Labute approximate surface area is 115 Å². The molecule has 1 N–H and O–H groups in total. The molecule has 0 aliphatic carbocycles. The molecule has 4 heteroatoms. The smallest absolute Gasteiger partial charge is 0.213 e. The molecule has 2 rings (SSSR count). The summed E-state index contributed by atoms with van der Waals surface area (Å²) in [6.07, 6.45) is 2.47. The first-order valence-corrected chi connectivity index (χ1v) is 7.09. The first-order chi connectivity index (χ1) is 9.15. The number of nitrogens with zero attached hydrogens (tertiary/aromatic N) is 1. The van der Waals surface area contributed by atoms with Gasteiger partial charge in [-0.15, -0.1) is 0 Å². The number of hydrogen-bond donors (Lipinski definition) is 1. The predicted molar refractivity (Wildman–Crippen MR) is 75.4 cm³/mol. The van der Waals surface area contributed by atoms with Gasteiger partial charge in [-0.1, -0.05) is 19.9 Å². The number of rotatable bonds is 6. The van der Waals surface area contributed by atoms with E-state index in [1.807, 2.05) is 13.0 Å². The minimum atomic E-state index is 0.240. The van der Waals surface area contributed by atoms with Crippen LogP contribution in [0.2, 0.25) is 0 Å². The summed E-state index contributed by atoms with van der Waals surface area (Å²) in [5, 5.41) is 3.40. The Morgan fingerprint density at radius 3 is 2.95 bits per heavy atom. The second-order valence-electron chi connectivity index (χ2n) is 5.38. The van der Waals surface area contributed by atoms with Crippen molar-refractivity contribution in [2.45, 2.75) is 52.3 Å². The van der Waals surface area contributed by atoms with Gasteiger partial charge in [0.05, 0.1) is 6.10 Å². The van der Waals surface area contributed by atoms with E-state index in [1.165, 1.54) is 5.56 Å². The van der Waals surface area contributed by atoms with Crippen molar-refractivity contribution >= 4 is 0 Å². The van der Waals surface area contributed by atoms with Gasteiger partial charge in [0.1, 0.15) is 6.61 Å². The van der Waals surface area contributed by atoms with Crippen molar-refractivity contribution in [1.82, 2.24) is 10.3 Å². The molecule has 19 heavy (non-hydrogen) atoms. The highest BCUT2D eigenvalue weighted by Crippen LogP contribution is 2.16. The van der Waals surface area contributed by atoms with Crippen LogP contribution in [0.1, 0.15) is 37.9 Å². The van der Waals surface area contributed by atoms with Crippen molar-refractivity contribution in [2.75, 3.05) is 13.2 Å². The third-order valence-corrected chi connectivity index (χ3v) is 3.31. The molecule has 1 aliphatic heterocycles. The van der Waals surface area contributed by atoms with Crippen LogP contribution in [0, 0.1) is 6.92 Å². The number of hydrogen-bond acceptors (Lipinski definition) is 4. The molecule has 2 heterocycles. The first kappa shape index (κ1) is 14.3. The second-order valence-corrected chi connectivity index (χ2v) is 5.38. The zero-order valence-corrected chi connectivity index (χ0v) is 12.1. The van der Waals surface area contributed by atoms with Gasteiger partial charge in [-0.2, -0.15) is 0 Å². The molecule has 0 bridgehead atoms. The van der Waals surface area contributed by atoms with Crippen LogP contribution in [0.5, 0.6) is 5.88 Å². The van der Waals surface area contributed by atoms with Crippen molar-refractivity contribution < 1.29 is 9.47 Å². The van der Waals surface area contributed by atoms with Gasteiger partial charge < -0.3 is 14.8 Å². The van der Waals surface area contributed by atoms with Gasteiger partial charge in [0.25, 0.3) is 0 Å². The number of pyridine rings is 1. The van der Waals surface area contributed by atoms with E-state index in [1.54, 1.807) is 0 Å². The van der Waals surface area contributed by atoms with Crippen LogP contribution in [0.15, 0.2) is 12.1 Å². The summed E-state index contributed by atoms with van der Waals surface area (Å²) in [6, 6.07) is 4.51. The summed E-state index contributed by atoms with van der Waals surface area (Å²) in [6.45, 7) is 8.62. The largest absolute Gasteiger partial charge is 0.475 e. The zero-order chi connectivity index (χ0) is 13.7. The minimum Gasteiger partial charge on any atom is -0.475 e. The van der Waals surface area contributed by atoms with Crippen LogP contribution >= 0.6 is 0 Å². The van der Waals surface area contributed by atoms with E-state index < -0.39 is 0 Å². The molecule has 0 aromatic carbocycles.